The number of carbonyl (C=O) groups is 3. The number of rotatable bonds is 6. The van der Waals surface area contributed by atoms with Gasteiger partial charge in [0.25, 0.3) is 0 Å². The van der Waals surface area contributed by atoms with Crippen LogP contribution in [0.2, 0.25) is 0 Å². The number of anilines is 1. The minimum Gasteiger partial charge on any atom is -0.456 e. The van der Waals surface area contributed by atoms with E-state index in [4.69, 9.17) is 9.47 Å². The Kier molecular flexibility index (Phi) is 7.53. The van der Waals surface area contributed by atoms with Crippen molar-refractivity contribution in [3.8, 4) is 0 Å². The van der Waals surface area contributed by atoms with Crippen LogP contribution in [0.3, 0.4) is 0 Å². The predicted octanol–water partition coefficient (Wildman–Crippen LogP) is 5.20. The van der Waals surface area contributed by atoms with Crippen molar-refractivity contribution in [1.29, 1.82) is 0 Å². The van der Waals surface area contributed by atoms with Crippen LogP contribution in [-0.4, -0.2) is 40.2 Å². The number of alkyl carbamates (subject to hydrolysis) is 1. The van der Waals surface area contributed by atoms with E-state index in [9.17, 15) is 14.4 Å². The van der Waals surface area contributed by atoms with Gasteiger partial charge in [-0.1, -0.05) is 18.2 Å². The lowest BCUT2D eigenvalue weighted by Gasteiger charge is -2.23. The molecule has 0 unspecified atom stereocenters. The van der Waals surface area contributed by atoms with Crippen molar-refractivity contribution in [2.75, 3.05) is 5.32 Å². The Morgan fingerprint density at radius 3 is 2.14 bits per heavy atom. The number of hydrogen-bond acceptors (Lipinski definition) is 5. The van der Waals surface area contributed by atoms with Crippen LogP contribution in [0, 0.1) is 0 Å². The van der Waals surface area contributed by atoms with Gasteiger partial charge in [0.05, 0.1) is 5.56 Å². The number of ether oxygens (including phenoxy) is 2. The molecule has 2 amide bonds. The van der Waals surface area contributed by atoms with Gasteiger partial charge in [0.1, 0.15) is 17.2 Å². The van der Waals surface area contributed by atoms with Gasteiger partial charge in [0.2, 0.25) is 5.91 Å². The maximum atomic E-state index is 13.2. The molecular formula is C27H33N3O5. The first-order valence-electron chi connectivity index (χ1n) is 11.5. The zero-order valence-electron chi connectivity index (χ0n) is 21.0. The van der Waals surface area contributed by atoms with Gasteiger partial charge < -0.3 is 25.1 Å². The fourth-order valence-corrected chi connectivity index (χ4v) is 3.44. The largest absolute Gasteiger partial charge is 0.456 e. The molecule has 1 aromatic heterocycles. The fraction of sp³-hybridized carbons (Fsp3) is 0.370. The van der Waals surface area contributed by atoms with Gasteiger partial charge >= 0.3 is 12.1 Å². The minimum atomic E-state index is -0.894. The molecule has 0 saturated heterocycles. The Morgan fingerprint density at radius 2 is 1.51 bits per heavy atom. The van der Waals surface area contributed by atoms with Gasteiger partial charge in [-0.25, -0.2) is 9.59 Å². The van der Waals surface area contributed by atoms with E-state index >= 15 is 0 Å². The van der Waals surface area contributed by atoms with Gasteiger partial charge in [0.15, 0.2) is 0 Å². The van der Waals surface area contributed by atoms with Gasteiger partial charge in [-0.15, -0.1) is 0 Å². The number of amides is 2. The number of hydrogen-bond donors (Lipinski definition) is 3. The maximum Gasteiger partial charge on any atom is 0.408 e. The zero-order valence-corrected chi connectivity index (χ0v) is 21.0. The van der Waals surface area contributed by atoms with Crippen molar-refractivity contribution < 1.29 is 23.9 Å². The molecule has 8 nitrogen and oxygen atoms in total. The molecule has 186 valence electrons. The maximum absolute atomic E-state index is 13.2. The molecule has 3 rings (SSSR count). The molecule has 3 aromatic rings. The first kappa shape index (κ1) is 25.8. The Bertz CT molecular complexity index is 1200. The number of aromatic nitrogens is 1. The highest BCUT2D eigenvalue weighted by Crippen LogP contribution is 2.20. The van der Waals surface area contributed by atoms with Crippen LogP contribution in [-0.2, 0) is 20.7 Å². The van der Waals surface area contributed by atoms with E-state index in [0.717, 1.165) is 16.5 Å². The van der Waals surface area contributed by atoms with Crippen LogP contribution in [0.4, 0.5) is 10.5 Å². The van der Waals surface area contributed by atoms with E-state index in [2.05, 4.69) is 15.6 Å². The number of nitrogens with one attached hydrogen (secondary N) is 3. The Morgan fingerprint density at radius 1 is 0.886 bits per heavy atom. The second-order valence-corrected chi connectivity index (χ2v) is 10.3. The summed E-state index contributed by atoms with van der Waals surface area (Å²) in [7, 11) is 0. The Labute approximate surface area is 205 Å². The average molecular weight is 480 g/mol. The molecule has 0 radical (unpaired) electrons. The summed E-state index contributed by atoms with van der Waals surface area (Å²) in [5, 5.41) is 6.47. The fourth-order valence-electron chi connectivity index (χ4n) is 3.44. The molecule has 1 heterocycles. The summed E-state index contributed by atoms with van der Waals surface area (Å²) < 4.78 is 10.7. The third-order valence-corrected chi connectivity index (χ3v) is 4.89. The van der Waals surface area contributed by atoms with E-state index < -0.39 is 35.2 Å². The molecule has 0 spiro atoms. The van der Waals surface area contributed by atoms with Crippen LogP contribution in [0.5, 0.6) is 0 Å². The Hall–Kier alpha value is -3.81. The first-order chi connectivity index (χ1) is 16.3. The van der Waals surface area contributed by atoms with E-state index in [1.807, 2.05) is 30.5 Å². The van der Waals surface area contributed by atoms with Crippen molar-refractivity contribution in [2.24, 2.45) is 0 Å². The number of carbonyl (C=O) groups excluding carboxylic acids is 3. The molecule has 0 fully saturated rings. The minimum absolute atomic E-state index is 0.255. The van der Waals surface area contributed by atoms with Crippen LogP contribution in [0.1, 0.15) is 57.5 Å². The van der Waals surface area contributed by atoms with Gasteiger partial charge in [-0.3, -0.25) is 4.79 Å². The topological polar surface area (TPSA) is 110 Å². The van der Waals surface area contributed by atoms with Crippen molar-refractivity contribution >= 4 is 34.6 Å². The molecule has 0 aliphatic heterocycles. The summed E-state index contributed by atoms with van der Waals surface area (Å²) in [4.78, 5) is 41.1. The zero-order chi connectivity index (χ0) is 25.8. The molecular weight excluding hydrogens is 446 g/mol. The quantitative estimate of drug-likeness (QED) is 0.421. The summed E-state index contributed by atoms with van der Waals surface area (Å²) in [5.41, 5.74) is 1.38. The number of aromatic amines is 1. The summed E-state index contributed by atoms with van der Waals surface area (Å²) in [6.45, 7) is 10.7. The van der Waals surface area contributed by atoms with Crippen LogP contribution in [0.25, 0.3) is 10.9 Å². The molecule has 0 aliphatic carbocycles. The molecule has 2 aromatic carbocycles. The van der Waals surface area contributed by atoms with E-state index in [0.29, 0.717) is 11.3 Å². The molecule has 3 N–H and O–H groups in total. The number of H-pyrrole nitrogens is 1. The lowest BCUT2D eigenvalue weighted by molar-refractivity contribution is -0.118. The monoisotopic (exact) mass is 479 g/mol. The molecule has 0 aliphatic rings. The summed E-state index contributed by atoms with van der Waals surface area (Å²) in [6.07, 6.45) is 1.40. The molecule has 0 bridgehead atoms. The molecule has 8 heteroatoms. The number of para-hydroxylation sites is 1. The second kappa shape index (κ2) is 10.2. The van der Waals surface area contributed by atoms with E-state index in [-0.39, 0.29) is 6.42 Å². The average Bonchev–Trinajstić information content (AvgIpc) is 3.14. The van der Waals surface area contributed by atoms with Crippen molar-refractivity contribution in [3.63, 3.8) is 0 Å². The van der Waals surface area contributed by atoms with Gasteiger partial charge in [0, 0.05) is 29.2 Å². The van der Waals surface area contributed by atoms with Gasteiger partial charge in [-0.05, 0) is 77.4 Å². The smallest absolute Gasteiger partial charge is 0.408 e. The van der Waals surface area contributed by atoms with E-state index in [1.165, 1.54) is 0 Å². The van der Waals surface area contributed by atoms with Crippen LogP contribution in [0.15, 0.2) is 54.7 Å². The molecule has 35 heavy (non-hydrogen) atoms. The highest BCUT2D eigenvalue weighted by Gasteiger charge is 2.26. The molecule has 1 atom stereocenters. The summed E-state index contributed by atoms with van der Waals surface area (Å²) in [6, 6.07) is 13.3. The van der Waals surface area contributed by atoms with Crippen molar-refractivity contribution in [3.05, 3.63) is 65.9 Å². The number of fused-ring (bicyclic) bond motifs is 1. The number of esters is 1. The lowest BCUT2D eigenvalue weighted by atomic mass is 10.0. The van der Waals surface area contributed by atoms with Gasteiger partial charge in [-0.2, -0.15) is 0 Å². The van der Waals surface area contributed by atoms with Crippen molar-refractivity contribution in [1.82, 2.24) is 10.3 Å². The SMILES string of the molecule is CC(C)(C)OC(=O)N[C@@H](Cc1c[nH]c2ccccc12)C(=O)Nc1ccc(C(=O)OC(C)(C)C)cc1. The lowest BCUT2D eigenvalue weighted by Crippen LogP contribution is -2.47. The highest BCUT2D eigenvalue weighted by atomic mass is 16.6. The van der Waals surface area contributed by atoms with Crippen molar-refractivity contribution in [2.45, 2.75) is 65.2 Å². The summed E-state index contributed by atoms with van der Waals surface area (Å²) >= 11 is 0. The predicted molar refractivity (Wildman–Crippen MR) is 135 cm³/mol. The van der Waals surface area contributed by atoms with E-state index in [1.54, 1.807) is 65.8 Å². The third-order valence-electron chi connectivity index (χ3n) is 4.89. The summed E-state index contributed by atoms with van der Waals surface area (Å²) in [5.74, 6) is -0.856. The Balaban J connectivity index is 1.77. The number of benzene rings is 2. The molecule has 0 saturated carbocycles. The first-order valence-corrected chi connectivity index (χ1v) is 11.5. The van der Waals surface area contributed by atoms with Crippen LogP contribution < -0.4 is 10.6 Å². The highest BCUT2D eigenvalue weighted by molar-refractivity contribution is 5.98. The normalized spacial score (nSPS) is 12.6. The third kappa shape index (κ3) is 7.60. The standard InChI is InChI=1S/C27H33N3O5/c1-26(2,3)34-24(32)17-11-13-19(14-12-17)29-23(31)22(30-25(33)35-27(4,5)6)15-18-16-28-21-10-8-7-9-20(18)21/h7-14,16,22,28H,15H2,1-6H3,(H,29,31)(H,30,33)/t22-/m0/s1. The second-order valence-electron chi connectivity index (χ2n) is 10.3. The van der Waals surface area contributed by atoms with Crippen LogP contribution >= 0.6 is 0 Å².